The van der Waals surface area contributed by atoms with Crippen molar-refractivity contribution in [2.45, 2.75) is 17.0 Å². The number of nitrogen functional groups attached to an aromatic ring is 1. The Bertz CT molecular complexity index is 582. The Labute approximate surface area is 108 Å². The molecule has 1 aromatic carbocycles. The van der Waals surface area contributed by atoms with Gasteiger partial charge in [-0.05, 0) is 30.0 Å². The quantitative estimate of drug-likeness (QED) is 0.645. The van der Waals surface area contributed by atoms with Crippen molar-refractivity contribution >= 4 is 17.6 Å². The first-order chi connectivity index (χ1) is 8.60. The van der Waals surface area contributed by atoms with Crippen molar-refractivity contribution < 1.29 is 9.15 Å². The molecule has 0 atom stereocenters. The molecule has 0 aliphatic heterocycles. The number of hydrogen-bond donors (Lipinski definition) is 2. The Balaban J connectivity index is 2.37. The molecule has 0 saturated carbocycles. The van der Waals surface area contributed by atoms with Gasteiger partial charge in [-0.15, -0.1) is 10.2 Å². The van der Waals surface area contributed by atoms with Crippen LogP contribution in [0.25, 0.3) is 0 Å². The molecule has 0 fully saturated rings. The first-order valence-corrected chi connectivity index (χ1v) is 5.92. The average Bonchev–Trinajstić information content (AvgIpc) is 2.74. The molecule has 0 amide bonds. The van der Waals surface area contributed by atoms with Crippen molar-refractivity contribution in [1.82, 2.24) is 10.2 Å². The second-order valence-corrected chi connectivity index (χ2v) is 4.46. The van der Waals surface area contributed by atoms with Crippen molar-refractivity contribution in [2.75, 3.05) is 7.11 Å². The van der Waals surface area contributed by atoms with Crippen molar-refractivity contribution in [3.05, 3.63) is 29.7 Å². The van der Waals surface area contributed by atoms with Gasteiger partial charge in [0.15, 0.2) is 0 Å². The molecule has 1 heterocycles. The first-order valence-electron chi connectivity index (χ1n) is 5.10. The number of nitrogens with zero attached hydrogens (tertiary/aromatic N) is 2. The third kappa shape index (κ3) is 2.62. The van der Waals surface area contributed by atoms with E-state index in [0.29, 0.717) is 22.4 Å². The fraction of sp³-hybridized carbons (Fsp3) is 0.182. The Hall–Kier alpha value is -2.02. The molecule has 6 nitrogen and oxygen atoms in total. The summed E-state index contributed by atoms with van der Waals surface area (Å²) in [5, 5.41) is 15.6. The largest absolute Gasteiger partial charge is 0.497 e. The summed E-state index contributed by atoms with van der Waals surface area (Å²) in [5.41, 5.74) is 6.14. The molecule has 0 radical (unpaired) electrons. The van der Waals surface area contributed by atoms with Gasteiger partial charge in [-0.2, -0.15) is 0 Å². The minimum atomic E-state index is -0.0172. The van der Waals surface area contributed by atoms with Crippen LogP contribution in [-0.2, 0) is 0 Å². The van der Waals surface area contributed by atoms with E-state index in [4.69, 9.17) is 20.3 Å². The third-order valence-electron chi connectivity index (χ3n) is 2.18. The van der Waals surface area contributed by atoms with Gasteiger partial charge in [-0.1, -0.05) is 0 Å². The summed E-state index contributed by atoms with van der Waals surface area (Å²) in [6.45, 7) is 1.72. The Morgan fingerprint density at radius 1 is 1.44 bits per heavy atom. The van der Waals surface area contributed by atoms with Crippen LogP contribution in [0.1, 0.15) is 11.5 Å². The van der Waals surface area contributed by atoms with Crippen LogP contribution in [0.3, 0.4) is 0 Å². The lowest BCUT2D eigenvalue weighted by Crippen LogP contribution is -2.12. The van der Waals surface area contributed by atoms with Crippen LogP contribution in [-0.4, -0.2) is 23.1 Å². The van der Waals surface area contributed by atoms with E-state index in [2.05, 4.69) is 10.2 Å². The van der Waals surface area contributed by atoms with Crippen molar-refractivity contribution in [1.29, 1.82) is 5.41 Å². The van der Waals surface area contributed by atoms with E-state index >= 15 is 0 Å². The summed E-state index contributed by atoms with van der Waals surface area (Å²) in [7, 11) is 1.58. The minimum Gasteiger partial charge on any atom is -0.497 e. The predicted octanol–water partition coefficient (Wildman–Crippen LogP) is 1.82. The Morgan fingerprint density at radius 3 is 2.78 bits per heavy atom. The number of benzene rings is 1. The van der Waals surface area contributed by atoms with Crippen molar-refractivity contribution in [3.8, 4) is 5.75 Å². The van der Waals surface area contributed by atoms with Crippen LogP contribution in [0.4, 0.5) is 0 Å². The van der Waals surface area contributed by atoms with Crippen LogP contribution in [0, 0.1) is 12.3 Å². The molecular weight excluding hydrogens is 252 g/mol. The highest BCUT2D eigenvalue weighted by Crippen LogP contribution is 2.32. The third-order valence-corrected chi connectivity index (χ3v) is 3.08. The second kappa shape index (κ2) is 5.09. The lowest BCUT2D eigenvalue weighted by Gasteiger charge is -2.07. The van der Waals surface area contributed by atoms with Gasteiger partial charge < -0.3 is 14.9 Å². The van der Waals surface area contributed by atoms with Gasteiger partial charge in [-0.25, -0.2) is 0 Å². The van der Waals surface area contributed by atoms with Crippen LogP contribution >= 0.6 is 11.8 Å². The summed E-state index contributed by atoms with van der Waals surface area (Å²) in [5.74, 6) is 1.15. The van der Waals surface area contributed by atoms with Gasteiger partial charge in [-0.3, -0.25) is 5.41 Å². The summed E-state index contributed by atoms with van der Waals surface area (Å²) in [4.78, 5) is 0.741. The van der Waals surface area contributed by atoms with E-state index in [1.807, 2.05) is 0 Å². The fourth-order valence-electron chi connectivity index (χ4n) is 1.35. The number of nitrogens with one attached hydrogen (secondary N) is 1. The number of ether oxygens (including phenoxy) is 1. The number of rotatable bonds is 4. The highest BCUT2D eigenvalue weighted by Gasteiger charge is 2.12. The van der Waals surface area contributed by atoms with Gasteiger partial charge in [0.25, 0.3) is 5.22 Å². The highest BCUT2D eigenvalue weighted by molar-refractivity contribution is 7.99. The molecule has 0 unspecified atom stereocenters. The van der Waals surface area contributed by atoms with Crippen LogP contribution in [0.2, 0.25) is 0 Å². The van der Waals surface area contributed by atoms with Gasteiger partial charge in [0.05, 0.1) is 7.11 Å². The summed E-state index contributed by atoms with van der Waals surface area (Å²) < 4.78 is 10.4. The van der Waals surface area contributed by atoms with E-state index < -0.39 is 0 Å². The van der Waals surface area contributed by atoms with E-state index in [-0.39, 0.29) is 5.84 Å². The van der Waals surface area contributed by atoms with E-state index in [0.717, 1.165) is 4.90 Å². The van der Waals surface area contributed by atoms with E-state index in [1.165, 1.54) is 11.8 Å². The molecule has 2 aromatic rings. The average molecular weight is 264 g/mol. The van der Waals surface area contributed by atoms with Crippen LogP contribution in [0.5, 0.6) is 5.75 Å². The van der Waals surface area contributed by atoms with E-state index in [9.17, 15) is 0 Å². The standard InChI is InChI=1S/C11H12N4O2S/c1-6-14-15-11(17-6)18-9-5-7(16-2)3-4-8(9)10(12)13/h3-5H,1-2H3,(H3,12,13). The summed E-state index contributed by atoms with van der Waals surface area (Å²) >= 11 is 1.25. The van der Waals surface area contributed by atoms with Gasteiger partial charge in [0.1, 0.15) is 11.6 Å². The smallest absolute Gasteiger partial charge is 0.281 e. The molecule has 0 saturated heterocycles. The molecule has 18 heavy (non-hydrogen) atoms. The maximum Gasteiger partial charge on any atom is 0.281 e. The maximum absolute atomic E-state index is 7.53. The Kier molecular flexibility index (Phi) is 3.52. The normalized spacial score (nSPS) is 10.3. The number of methoxy groups -OCH3 is 1. The predicted molar refractivity (Wildman–Crippen MR) is 67.2 cm³/mol. The molecule has 7 heteroatoms. The highest BCUT2D eigenvalue weighted by atomic mass is 32.2. The van der Waals surface area contributed by atoms with Gasteiger partial charge >= 0.3 is 0 Å². The summed E-state index contributed by atoms with van der Waals surface area (Å²) in [6, 6.07) is 5.26. The molecule has 0 aliphatic carbocycles. The van der Waals surface area contributed by atoms with Gasteiger partial charge in [0.2, 0.25) is 5.89 Å². The molecular formula is C11H12N4O2S. The zero-order chi connectivity index (χ0) is 13.1. The number of aromatic nitrogens is 2. The van der Waals surface area contributed by atoms with Crippen LogP contribution < -0.4 is 10.5 Å². The molecule has 0 aliphatic rings. The molecule has 2 rings (SSSR count). The minimum absolute atomic E-state index is 0.0172. The van der Waals surface area contributed by atoms with Crippen molar-refractivity contribution in [2.24, 2.45) is 5.73 Å². The molecule has 1 aromatic heterocycles. The molecule has 0 spiro atoms. The lowest BCUT2D eigenvalue weighted by molar-refractivity contribution is 0.413. The number of amidine groups is 1. The molecule has 0 bridgehead atoms. The van der Waals surface area contributed by atoms with Crippen molar-refractivity contribution in [3.63, 3.8) is 0 Å². The zero-order valence-corrected chi connectivity index (χ0v) is 10.7. The number of hydrogen-bond acceptors (Lipinski definition) is 6. The zero-order valence-electron chi connectivity index (χ0n) is 9.93. The summed E-state index contributed by atoms with van der Waals surface area (Å²) in [6.07, 6.45) is 0. The first kappa shape index (κ1) is 12.4. The monoisotopic (exact) mass is 264 g/mol. The maximum atomic E-state index is 7.53. The van der Waals surface area contributed by atoms with Crippen LogP contribution in [0.15, 0.2) is 32.7 Å². The number of aryl methyl sites for hydroxylation is 1. The van der Waals surface area contributed by atoms with E-state index in [1.54, 1.807) is 32.2 Å². The SMILES string of the molecule is COc1ccc(C(=N)N)c(Sc2nnc(C)o2)c1. The topological polar surface area (TPSA) is 98.0 Å². The second-order valence-electron chi connectivity index (χ2n) is 3.46. The van der Waals surface area contributed by atoms with Gasteiger partial charge in [0, 0.05) is 17.4 Å². The Morgan fingerprint density at radius 2 is 2.22 bits per heavy atom. The molecule has 3 N–H and O–H groups in total. The number of nitrogens with two attached hydrogens (primary N) is 1. The fourth-order valence-corrected chi connectivity index (χ4v) is 2.25. The lowest BCUT2D eigenvalue weighted by atomic mass is 10.2. The molecule has 94 valence electrons.